The van der Waals surface area contributed by atoms with Gasteiger partial charge in [-0.3, -0.25) is 0 Å². The Labute approximate surface area is 78.4 Å². The molecule has 0 aliphatic heterocycles. The molecule has 1 aliphatic carbocycles. The molecule has 2 nitrogen and oxygen atoms in total. The van der Waals surface area contributed by atoms with Crippen LogP contribution in [0.4, 0.5) is 0 Å². The fraction of sp³-hybridized carbons (Fsp3) is 0.400. The first-order valence-corrected chi connectivity index (χ1v) is 4.65. The minimum Gasteiger partial charge on any atom is -0.423 e. The van der Waals surface area contributed by atoms with E-state index in [1.807, 2.05) is 12.1 Å². The van der Waals surface area contributed by atoms with Gasteiger partial charge < -0.3 is 10.0 Å². The maximum atomic E-state index is 9.00. The monoisotopic (exact) mass is 176 g/mol. The zero-order chi connectivity index (χ0) is 9.42. The van der Waals surface area contributed by atoms with Crippen molar-refractivity contribution < 1.29 is 10.0 Å². The summed E-state index contributed by atoms with van der Waals surface area (Å²) in [7, 11) is -1.34. The van der Waals surface area contributed by atoms with E-state index < -0.39 is 7.12 Å². The molecule has 1 fully saturated rings. The van der Waals surface area contributed by atoms with E-state index in [1.165, 1.54) is 24.0 Å². The topological polar surface area (TPSA) is 40.5 Å². The molecule has 3 heteroatoms. The third kappa shape index (κ3) is 1.76. The van der Waals surface area contributed by atoms with Crippen molar-refractivity contribution in [2.45, 2.75) is 25.7 Å². The number of hydrogen-bond donors (Lipinski definition) is 2. The van der Waals surface area contributed by atoms with Crippen LogP contribution < -0.4 is 5.46 Å². The van der Waals surface area contributed by atoms with Crippen LogP contribution >= 0.6 is 0 Å². The average Bonchev–Trinajstić information content (AvgIpc) is 2.87. The molecule has 0 heterocycles. The molecule has 1 saturated carbocycles. The van der Waals surface area contributed by atoms with E-state index in [-0.39, 0.29) is 0 Å². The summed E-state index contributed by atoms with van der Waals surface area (Å²) < 4.78 is 0. The van der Waals surface area contributed by atoms with Gasteiger partial charge >= 0.3 is 7.12 Å². The summed E-state index contributed by atoms with van der Waals surface area (Å²) in [5, 5.41) is 18.0. The van der Waals surface area contributed by atoms with E-state index >= 15 is 0 Å². The van der Waals surface area contributed by atoms with Crippen LogP contribution in [0, 0.1) is 6.92 Å². The number of aryl methyl sites for hydroxylation is 1. The van der Waals surface area contributed by atoms with Crippen LogP contribution in [0.25, 0.3) is 0 Å². The molecule has 2 rings (SSSR count). The second kappa shape index (κ2) is 3.16. The van der Waals surface area contributed by atoms with E-state index in [4.69, 9.17) is 10.0 Å². The van der Waals surface area contributed by atoms with Crippen LogP contribution in [0.15, 0.2) is 18.2 Å². The molecule has 0 spiro atoms. The Hall–Kier alpha value is -0.795. The van der Waals surface area contributed by atoms with Gasteiger partial charge in [0.25, 0.3) is 0 Å². The summed E-state index contributed by atoms with van der Waals surface area (Å²) in [5.74, 6) is 0.665. The van der Waals surface area contributed by atoms with Crippen molar-refractivity contribution in [3.8, 4) is 0 Å². The van der Waals surface area contributed by atoms with Crippen molar-refractivity contribution in [3.63, 3.8) is 0 Å². The summed E-state index contributed by atoms with van der Waals surface area (Å²) in [4.78, 5) is 0. The molecule has 13 heavy (non-hydrogen) atoms. The van der Waals surface area contributed by atoms with Crippen molar-refractivity contribution in [1.82, 2.24) is 0 Å². The molecule has 1 aromatic carbocycles. The highest BCUT2D eigenvalue weighted by Gasteiger charge is 2.26. The van der Waals surface area contributed by atoms with Crippen LogP contribution in [-0.4, -0.2) is 17.2 Å². The summed E-state index contributed by atoms with van der Waals surface area (Å²) in [6, 6.07) is 5.64. The molecule has 68 valence electrons. The molecule has 0 aromatic heterocycles. The van der Waals surface area contributed by atoms with Gasteiger partial charge in [0.2, 0.25) is 0 Å². The lowest BCUT2D eigenvalue weighted by molar-refractivity contribution is 0.425. The predicted molar refractivity (Wildman–Crippen MR) is 53.0 cm³/mol. The second-order valence-corrected chi connectivity index (χ2v) is 3.76. The normalized spacial score (nSPS) is 15.9. The van der Waals surface area contributed by atoms with E-state index in [0.29, 0.717) is 11.4 Å². The van der Waals surface area contributed by atoms with Gasteiger partial charge in [-0.2, -0.15) is 0 Å². The van der Waals surface area contributed by atoms with Crippen LogP contribution in [0.5, 0.6) is 0 Å². The van der Waals surface area contributed by atoms with Crippen LogP contribution in [0.2, 0.25) is 0 Å². The standard InChI is InChI=1S/C10H13BO2/c1-7-2-5-9(11(12)13)6-10(7)8-3-4-8/h2,5-6,8,12-13H,3-4H2,1H3. The summed E-state index contributed by atoms with van der Waals surface area (Å²) in [6.07, 6.45) is 2.48. The highest BCUT2D eigenvalue weighted by molar-refractivity contribution is 6.58. The van der Waals surface area contributed by atoms with Crippen molar-refractivity contribution in [3.05, 3.63) is 29.3 Å². The maximum absolute atomic E-state index is 9.00. The smallest absolute Gasteiger partial charge is 0.423 e. The first-order valence-electron chi connectivity index (χ1n) is 4.65. The van der Waals surface area contributed by atoms with Gasteiger partial charge in [-0.05, 0) is 42.3 Å². The highest BCUT2D eigenvalue weighted by Crippen LogP contribution is 2.41. The first kappa shape index (κ1) is 8.79. The number of rotatable bonds is 2. The highest BCUT2D eigenvalue weighted by atomic mass is 16.4. The van der Waals surface area contributed by atoms with Crippen LogP contribution in [0.1, 0.15) is 29.9 Å². The SMILES string of the molecule is Cc1ccc(B(O)O)cc1C1CC1. The molecular formula is C10H13BO2. The third-order valence-electron chi connectivity index (χ3n) is 2.62. The first-order chi connectivity index (χ1) is 6.18. The lowest BCUT2D eigenvalue weighted by Gasteiger charge is -2.06. The van der Waals surface area contributed by atoms with Crippen molar-refractivity contribution in [2.75, 3.05) is 0 Å². The van der Waals surface area contributed by atoms with Gasteiger partial charge in [-0.25, -0.2) is 0 Å². The van der Waals surface area contributed by atoms with Crippen molar-refractivity contribution in [2.24, 2.45) is 0 Å². The number of hydrogen-bond acceptors (Lipinski definition) is 2. The van der Waals surface area contributed by atoms with E-state index in [9.17, 15) is 0 Å². The van der Waals surface area contributed by atoms with Gasteiger partial charge in [-0.15, -0.1) is 0 Å². The third-order valence-corrected chi connectivity index (χ3v) is 2.62. The largest absolute Gasteiger partial charge is 0.488 e. The predicted octanol–water partition coefficient (Wildman–Crippen LogP) is 0.552. The molecule has 1 aliphatic rings. The summed E-state index contributed by atoms with van der Waals surface area (Å²) >= 11 is 0. The molecule has 0 atom stereocenters. The summed E-state index contributed by atoms with van der Waals surface area (Å²) in [6.45, 7) is 2.07. The molecule has 2 N–H and O–H groups in total. The fourth-order valence-corrected chi connectivity index (χ4v) is 1.65. The lowest BCUT2D eigenvalue weighted by Crippen LogP contribution is -2.30. The van der Waals surface area contributed by atoms with Gasteiger partial charge in [0.05, 0.1) is 0 Å². The Morgan fingerprint density at radius 1 is 1.31 bits per heavy atom. The Kier molecular flexibility index (Phi) is 2.14. The number of benzene rings is 1. The zero-order valence-electron chi connectivity index (χ0n) is 7.70. The summed E-state index contributed by atoms with van der Waals surface area (Å²) in [5.41, 5.74) is 3.14. The zero-order valence-corrected chi connectivity index (χ0v) is 7.70. The quantitative estimate of drug-likeness (QED) is 0.646. The Morgan fingerprint density at radius 3 is 2.54 bits per heavy atom. The van der Waals surface area contributed by atoms with Gasteiger partial charge in [0.15, 0.2) is 0 Å². The Balaban J connectivity index is 2.36. The van der Waals surface area contributed by atoms with Gasteiger partial charge in [0.1, 0.15) is 0 Å². The Bertz CT molecular complexity index is 319. The van der Waals surface area contributed by atoms with E-state index in [1.54, 1.807) is 6.07 Å². The Morgan fingerprint density at radius 2 is 2.00 bits per heavy atom. The molecule has 0 unspecified atom stereocenters. The second-order valence-electron chi connectivity index (χ2n) is 3.76. The molecule has 0 amide bonds. The van der Waals surface area contributed by atoms with E-state index in [0.717, 1.165) is 0 Å². The van der Waals surface area contributed by atoms with Crippen molar-refractivity contribution >= 4 is 12.6 Å². The van der Waals surface area contributed by atoms with Gasteiger partial charge in [-0.1, -0.05) is 18.2 Å². The molecule has 0 radical (unpaired) electrons. The van der Waals surface area contributed by atoms with Crippen LogP contribution in [-0.2, 0) is 0 Å². The maximum Gasteiger partial charge on any atom is 0.488 e. The van der Waals surface area contributed by atoms with Crippen molar-refractivity contribution in [1.29, 1.82) is 0 Å². The van der Waals surface area contributed by atoms with Crippen LogP contribution in [0.3, 0.4) is 0 Å². The minimum absolute atomic E-state index is 0.604. The molecule has 0 saturated heterocycles. The lowest BCUT2D eigenvalue weighted by atomic mass is 9.78. The molecular weight excluding hydrogens is 163 g/mol. The molecule has 0 bridgehead atoms. The van der Waals surface area contributed by atoms with E-state index in [2.05, 4.69) is 6.92 Å². The fourth-order valence-electron chi connectivity index (χ4n) is 1.65. The van der Waals surface area contributed by atoms with Gasteiger partial charge in [0, 0.05) is 0 Å². The minimum atomic E-state index is -1.34. The average molecular weight is 176 g/mol. The molecule has 1 aromatic rings.